The lowest BCUT2D eigenvalue weighted by Gasteiger charge is -2.14. The first kappa shape index (κ1) is 14.9. The van der Waals surface area contributed by atoms with Crippen LogP contribution in [0, 0.1) is 0 Å². The first-order chi connectivity index (χ1) is 10.1. The Morgan fingerprint density at radius 3 is 2.43 bits per heavy atom. The van der Waals surface area contributed by atoms with E-state index in [1.807, 2.05) is 36.4 Å². The lowest BCUT2D eigenvalue weighted by molar-refractivity contribution is -0.671. The van der Waals surface area contributed by atoms with Gasteiger partial charge in [0.1, 0.15) is 12.4 Å². The van der Waals surface area contributed by atoms with E-state index in [2.05, 4.69) is 0 Å². The second kappa shape index (κ2) is 6.30. The van der Waals surface area contributed by atoms with Crippen molar-refractivity contribution in [3.05, 3.63) is 42.5 Å². The zero-order chi connectivity index (χ0) is 15.4. The maximum atomic E-state index is 12.2. The van der Waals surface area contributed by atoms with Crippen molar-refractivity contribution < 1.29 is 23.6 Å². The number of rotatable bonds is 5. The molecule has 0 aliphatic carbocycles. The van der Waals surface area contributed by atoms with Crippen LogP contribution in [0.1, 0.15) is 11.6 Å². The van der Waals surface area contributed by atoms with Crippen LogP contribution >= 0.6 is 0 Å². The number of benzene rings is 1. The Morgan fingerprint density at radius 1 is 1.19 bits per heavy atom. The number of aryl methyl sites for hydroxylation is 1. The van der Waals surface area contributed by atoms with Crippen molar-refractivity contribution in [1.29, 1.82) is 0 Å². The molecule has 112 valence electrons. The summed E-state index contributed by atoms with van der Waals surface area (Å²) in [6.45, 7) is 0. The molecule has 21 heavy (non-hydrogen) atoms. The molecule has 2 rings (SSSR count). The molecule has 1 unspecified atom stereocenters. The molecule has 6 nitrogen and oxygen atoms in total. The molecule has 0 saturated carbocycles. The fourth-order valence-corrected chi connectivity index (χ4v) is 2.19. The quantitative estimate of drug-likeness (QED) is 0.611. The van der Waals surface area contributed by atoms with E-state index >= 15 is 0 Å². The number of methoxy groups -OCH3 is 3. The molecule has 1 heterocycles. The van der Waals surface area contributed by atoms with E-state index in [4.69, 9.17) is 14.2 Å². The SMILES string of the molecule is COC(=O)C(c1ccc(OC)c(OC)c1)n1cc[n+](C)c1. The molecular formula is C15H19N2O4+. The Morgan fingerprint density at radius 2 is 1.90 bits per heavy atom. The van der Waals surface area contributed by atoms with Crippen LogP contribution in [0.4, 0.5) is 0 Å². The minimum Gasteiger partial charge on any atom is -0.493 e. The van der Waals surface area contributed by atoms with E-state index in [1.165, 1.54) is 7.11 Å². The highest BCUT2D eigenvalue weighted by Gasteiger charge is 2.29. The van der Waals surface area contributed by atoms with Gasteiger partial charge in [-0.25, -0.2) is 13.9 Å². The Hall–Kier alpha value is -2.50. The Bertz CT molecular complexity index is 636. The maximum absolute atomic E-state index is 12.2. The lowest BCUT2D eigenvalue weighted by Crippen LogP contribution is -2.27. The van der Waals surface area contributed by atoms with Crippen molar-refractivity contribution in [2.45, 2.75) is 6.04 Å². The summed E-state index contributed by atoms with van der Waals surface area (Å²) >= 11 is 0. The van der Waals surface area contributed by atoms with Gasteiger partial charge in [0.05, 0.1) is 28.4 Å². The molecule has 0 radical (unpaired) electrons. The van der Waals surface area contributed by atoms with Gasteiger partial charge in [-0.15, -0.1) is 0 Å². The molecule has 0 bridgehead atoms. The van der Waals surface area contributed by atoms with E-state index in [9.17, 15) is 4.79 Å². The third kappa shape index (κ3) is 2.99. The van der Waals surface area contributed by atoms with Crippen LogP contribution < -0.4 is 14.0 Å². The van der Waals surface area contributed by atoms with E-state index in [0.29, 0.717) is 11.5 Å². The van der Waals surface area contributed by atoms with Crippen molar-refractivity contribution in [1.82, 2.24) is 4.57 Å². The summed E-state index contributed by atoms with van der Waals surface area (Å²) < 4.78 is 19.1. The number of imidazole rings is 1. The highest BCUT2D eigenvalue weighted by atomic mass is 16.5. The summed E-state index contributed by atoms with van der Waals surface area (Å²) in [5.41, 5.74) is 0.760. The molecule has 6 heteroatoms. The van der Waals surface area contributed by atoms with Crippen molar-refractivity contribution >= 4 is 5.97 Å². The smallest absolute Gasteiger partial charge is 0.356 e. The number of carbonyl (C=O) groups is 1. The molecule has 0 spiro atoms. The molecule has 0 aliphatic rings. The highest BCUT2D eigenvalue weighted by Crippen LogP contribution is 2.31. The van der Waals surface area contributed by atoms with Crippen LogP contribution in [0.5, 0.6) is 11.5 Å². The molecule has 1 atom stereocenters. The van der Waals surface area contributed by atoms with Gasteiger partial charge in [0.15, 0.2) is 11.5 Å². The van der Waals surface area contributed by atoms with Crippen molar-refractivity contribution in [2.75, 3.05) is 21.3 Å². The van der Waals surface area contributed by atoms with Crippen LogP contribution in [-0.2, 0) is 16.6 Å². The second-order valence-electron chi connectivity index (χ2n) is 4.57. The van der Waals surface area contributed by atoms with Crippen molar-refractivity contribution in [2.24, 2.45) is 7.05 Å². The monoisotopic (exact) mass is 291 g/mol. The third-order valence-corrected chi connectivity index (χ3v) is 3.24. The Labute approximate surface area is 123 Å². The minimum absolute atomic E-state index is 0.349. The molecule has 1 aromatic heterocycles. The summed E-state index contributed by atoms with van der Waals surface area (Å²) in [5.74, 6) is 0.835. The zero-order valence-corrected chi connectivity index (χ0v) is 12.6. The maximum Gasteiger partial charge on any atom is 0.356 e. The van der Waals surface area contributed by atoms with Gasteiger partial charge >= 0.3 is 5.97 Å². The third-order valence-electron chi connectivity index (χ3n) is 3.24. The van der Waals surface area contributed by atoms with Gasteiger partial charge in [-0.3, -0.25) is 0 Å². The molecule has 0 aliphatic heterocycles. The van der Waals surface area contributed by atoms with Gasteiger partial charge in [-0.05, 0) is 12.1 Å². The van der Waals surface area contributed by atoms with Crippen LogP contribution in [0.15, 0.2) is 36.9 Å². The average molecular weight is 291 g/mol. The molecule has 0 amide bonds. The normalized spacial score (nSPS) is 11.8. The molecule has 2 aromatic rings. The van der Waals surface area contributed by atoms with E-state index in [-0.39, 0.29) is 5.97 Å². The van der Waals surface area contributed by atoms with Crippen molar-refractivity contribution in [3.63, 3.8) is 0 Å². The molecule has 1 aromatic carbocycles. The average Bonchev–Trinajstić information content (AvgIpc) is 2.93. The zero-order valence-electron chi connectivity index (χ0n) is 12.6. The standard InChI is InChI=1S/C15H19N2O4/c1-16-7-8-17(10-16)14(15(18)21-4)11-5-6-12(19-2)13(9-11)20-3/h5-10,14H,1-4H3/q+1. The van der Waals surface area contributed by atoms with Gasteiger partial charge in [0.2, 0.25) is 12.4 Å². The van der Waals surface area contributed by atoms with Gasteiger partial charge in [-0.1, -0.05) is 6.07 Å². The van der Waals surface area contributed by atoms with E-state index in [0.717, 1.165) is 5.56 Å². The number of hydrogen-bond acceptors (Lipinski definition) is 4. The molecular weight excluding hydrogens is 272 g/mol. The first-order valence-corrected chi connectivity index (χ1v) is 6.43. The molecule has 0 N–H and O–H groups in total. The van der Waals surface area contributed by atoms with Gasteiger partial charge < -0.3 is 14.2 Å². The molecule has 0 saturated heterocycles. The first-order valence-electron chi connectivity index (χ1n) is 6.43. The number of ether oxygens (including phenoxy) is 3. The fourth-order valence-electron chi connectivity index (χ4n) is 2.19. The van der Waals surface area contributed by atoms with Crippen LogP contribution in [0.25, 0.3) is 0 Å². The number of aromatic nitrogens is 2. The van der Waals surface area contributed by atoms with E-state index < -0.39 is 6.04 Å². The minimum atomic E-state index is -0.573. The summed E-state index contributed by atoms with van der Waals surface area (Å²) in [7, 11) is 6.39. The van der Waals surface area contributed by atoms with Crippen LogP contribution in [-0.4, -0.2) is 31.9 Å². The number of hydrogen-bond donors (Lipinski definition) is 0. The summed E-state index contributed by atoms with van der Waals surface area (Å²) in [6, 6.07) is 4.80. The second-order valence-corrected chi connectivity index (χ2v) is 4.57. The topological polar surface area (TPSA) is 53.6 Å². The van der Waals surface area contributed by atoms with Gasteiger partial charge in [0.25, 0.3) is 0 Å². The number of carbonyl (C=O) groups excluding carboxylic acids is 1. The van der Waals surface area contributed by atoms with Crippen LogP contribution in [0.3, 0.4) is 0 Å². The largest absolute Gasteiger partial charge is 0.493 e. The summed E-state index contributed by atoms with van der Waals surface area (Å²) in [4.78, 5) is 12.2. The number of nitrogens with zero attached hydrogens (tertiary/aromatic N) is 2. The van der Waals surface area contributed by atoms with E-state index in [1.54, 1.807) is 30.9 Å². The van der Waals surface area contributed by atoms with Crippen LogP contribution in [0.2, 0.25) is 0 Å². The van der Waals surface area contributed by atoms with Gasteiger partial charge in [0, 0.05) is 5.56 Å². The summed E-state index contributed by atoms with van der Waals surface area (Å²) in [6.07, 6.45) is 5.49. The fraction of sp³-hybridized carbons (Fsp3) is 0.333. The van der Waals surface area contributed by atoms with Crippen molar-refractivity contribution in [3.8, 4) is 11.5 Å². The highest BCUT2D eigenvalue weighted by molar-refractivity contribution is 5.78. The Balaban J connectivity index is 2.49. The lowest BCUT2D eigenvalue weighted by atomic mass is 10.1. The predicted octanol–water partition coefficient (Wildman–Crippen LogP) is 1.09. The number of esters is 1. The molecule has 0 fully saturated rings. The Kier molecular flexibility index (Phi) is 4.47. The summed E-state index contributed by atoms with van der Waals surface area (Å²) in [5, 5.41) is 0. The van der Waals surface area contributed by atoms with Gasteiger partial charge in [-0.2, -0.15) is 0 Å². The predicted molar refractivity (Wildman–Crippen MR) is 75.3 cm³/mol.